The average molecular weight is 238 g/mol. The number of benzene rings is 1. The second kappa shape index (κ2) is 5.50. The van der Waals surface area contributed by atoms with Gasteiger partial charge < -0.3 is 9.47 Å². The summed E-state index contributed by atoms with van der Waals surface area (Å²) in [6, 6.07) is 4.66. The van der Waals surface area contributed by atoms with Crippen molar-refractivity contribution in [3.05, 3.63) is 29.6 Å². The van der Waals surface area contributed by atoms with Gasteiger partial charge in [0.15, 0.2) is 0 Å². The van der Waals surface area contributed by atoms with Crippen LogP contribution in [-0.2, 0) is 4.74 Å². The number of ether oxygens (including phenoxy) is 2. The van der Waals surface area contributed by atoms with Crippen LogP contribution in [0, 0.1) is 12.7 Å². The van der Waals surface area contributed by atoms with Gasteiger partial charge >= 0.3 is 0 Å². The molecule has 0 radical (unpaired) electrons. The summed E-state index contributed by atoms with van der Waals surface area (Å²) in [6.07, 6.45) is 4.52. The minimum Gasteiger partial charge on any atom is -0.487 e. The molecule has 94 valence electrons. The number of rotatable bonds is 3. The molecule has 1 saturated carbocycles. The largest absolute Gasteiger partial charge is 0.487 e. The second-order valence-corrected chi connectivity index (χ2v) is 4.62. The smallest absolute Gasteiger partial charge is 0.126 e. The molecule has 0 amide bonds. The fraction of sp³-hybridized carbons (Fsp3) is 0.571. The lowest BCUT2D eigenvalue weighted by Gasteiger charge is -2.31. The summed E-state index contributed by atoms with van der Waals surface area (Å²) in [4.78, 5) is 0. The summed E-state index contributed by atoms with van der Waals surface area (Å²) in [6.45, 7) is 1.93. The van der Waals surface area contributed by atoms with Gasteiger partial charge in [-0.2, -0.15) is 0 Å². The van der Waals surface area contributed by atoms with Crippen LogP contribution in [0.2, 0.25) is 0 Å². The maximum absolute atomic E-state index is 13.2. The number of aryl methyl sites for hydroxylation is 1. The van der Waals surface area contributed by atoms with Crippen molar-refractivity contribution in [1.82, 2.24) is 0 Å². The van der Waals surface area contributed by atoms with Crippen LogP contribution >= 0.6 is 0 Å². The zero-order valence-electron chi connectivity index (χ0n) is 10.4. The van der Waals surface area contributed by atoms with Crippen molar-refractivity contribution in [2.45, 2.75) is 44.8 Å². The molecule has 1 fully saturated rings. The van der Waals surface area contributed by atoms with Gasteiger partial charge in [-0.25, -0.2) is 4.39 Å². The van der Waals surface area contributed by atoms with Crippen LogP contribution in [0.5, 0.6) is 5.75 Å². The summed E-state index contributed by atoms with van der Waals surface area (Å²) >= 11 is 0. The van der Waals surface area contributed by atoms with Crippen molar-refractivity contribution in [2.24, 2.45) is 0 Å². The molecule has 0 unspecified atom stereocenters. The van der Waals surface area contributed by atoms with Crippen molar-refractivity contribution in [3.8, 4) is 5.75 Å². The van der Waals surface area contributed by atoms with Crippen molar-refractivity contribution < 1.29 is 13.9 Å². The molecule has 2 nitrogen and oxygen atoms in total. The van der Waals surface area contributed by atoms with E-state index in [0.29, 0.717) is 5.75 Å². The Kier molecular flexibility index (Phi) is 4.00. The van der Waals surface area contributed by atoms with Crippen LogP contribution in [0.25, 0.3) is 0 Å². The topological polar surface area (TPSA) is 18.5 Å². The van der Waals surface area contributed by atoms with Crippen LogP contribution < -0.4 is 4.74 Å². The van der Waals surface area contributed by atoms with Crippen molar-refractivity contribution in [2.75, 3.05) is 7.11 Å². The van der Waals surface area contributed by atoms with E-state index >= 15 is 0 Å². The van der Waals surface area contributed by atoms with Gasteiger partial charge in [0.25, 0.3) is 0 Å². The highest BCUT2D eigenvalue weighted by molar-refractivity contribution is 5.32. The number of methoxy groups -OCH3 is 1. The average Bonchev–Trinajstić information content (AvgIpc) is 2.34. The minimum absolute atomic E-state index is 0.0502. The molecule has 0 bridgehead atoms. The fourth-order valence-corrected chi connectivity index (χ4v) is 2.33. The molecule has 0 heterocycles. The molecule has 1 aliphatic rings. The molecule has 1 aromatic rings. The summed E-state index contributed by atoms with van der Waals surface area (Å²) in [7, 11) is 1.71. The van der Waals surface area contributed by atoms with Gasteiger partial charge in [-0.1, -0.05) is 12.5 Å². The third-order valence-electron chi connectivity index (χ3n) is 3.37. The molecule has 0 saturated heterocycles. The molecule has 2 rings (SSSR count). The zero-order chi connectivity index (χ0) is 12.3. The molecule has 1 aromatic carbocycles. The number of hydrogen-bond acceptors (Lipinski definition) is 2. The van der Waals surface area contributed by atoms with Crippen LogP contribution in [-0.4, -0.2) is 19.3 Å². The third-order valence-corrected chi connectivity index (χ3v) is 3.37. The quantitative estimate of drug-likeness (QED) is 0.802. The summed E-state index contributed by atoms with van der Waals surface area (Å²) in [5, 5.41) is 0. The normalized spacial score (nSPS) is 24.6. The van der Waals surface area contributed by atoms with E-state index in [0.717, 1.165) is 24.8 Å². The second-order valence-electron chi connectivity index (χ2n) is 4.62. The Hall–Kier alpha value is -1.09. The van der Waals surface area contributed by atoms with E-state index in [4.69, 9.17) is 9.47 Å². The van der Waals surface area contributed by atoms with Crippen LogP contribution in [0.4, 0.5) is 4.39 Å². The lowest BCUT2D eigenvalue weighted by Crippen LogP contribution is -2.36. The Morgan fingerprint density at radius 2 is 1.88 bits per heavy atom. The predicted octanol–water partition coefficient (Wildman–Crippen LogP) is 3.47. The molecule has 17 heavy (non-hydrogen) atoms. The Labute approximate surface area is 102 Å². The van der Waals surface area contributed by atoms with E-state index in [1.54, 1.807) is 13.2 Å². The standard InChI is InChI=1S/C14H19FO2/c1-10-7-8-11(15)9-14(10)17-13-6-4-3-5-12(13)16-2/h7-9,12-13H,3-6H2,1-2H3/t12-,13-/m0/s1. The summed E-state index contributed by atoms with van der Waals surface area (Å²) in [5.74, 6) is 0.384. The zero-order valence-corrected chi connectivity index (χ0v) is 10.4. The van der Waals surface area contributed by atoms with E-state index in [9.17, 15) is 4.39 Å². The van der Waals surface area contributed by atoms with Gasteiger partial charge in [0, 0.05) is 13.2 Å². The van der Waals surface area contributed by atoms with Gasteiger partial charge in [0.05, 0.1) is 6.10 Å². The number of hydrogen-bond donors (Lipinski definition) is 0. The van der Waals surface area contributed by atoms with Gasteiger partial charge in [0.1, 0.15) is 17.7 Å². The van der Waals surface area contributed by atoms with Crippen LogP contribution in [0.1, 0.15) is 31.2 Å². The lowest BCUT2D eigenvalue weighted by atomic mass is 9.94. The Bertz CT molecular complexity index is 378. The van der Waals surface area contributed by atoms with E-state index in [1.165, 1.54) is 18.6 Å². The van der Waals surface area contributed by atoms with Gasteiger partial charge in [-0.3, -0.25) is 0 Å². The van der Waals surface area contributed by atoms with E-state index in [2.05, 4.69) is 0 Å². The lowest BCUT2D eigenvalue weighted by molar-refractivity contribution is -0.0232. The highest BCUT2D eigenvalue weighted by Crippen LogP contribution is 2.27. The van der Waals surface area contributed by atoms with Crippen LogP contribution in [0.3, 0.4) is 0 Å². The van der Waals surface area contributed by atoms with Gasteiger partial charge in [-0.05, 0) is 37.8 Å². The molecule has 3 heteroatoms. The number of halogens is 1. The molecular weight excluding hydrogens is 219 g/mol. The van der Waals surface area contributed by atoms with Crippen molar-refractivity contribution >= 4 is 0 Å². The molecule has 0 aromatic heterocycles. The summed E-state index contributed by atoms with van der Waals surface area (Å²) in [5.41, 5.74) is 0.965. The molecule has 2 atom stereocenters. The Balaban J connectivity index is 2.10. The first kappa shape index (κ1) is 12.4. The molecule has 1 aliphatic carbocycles. The monoisotopic (exact) mass is 238 g/mol. The first-order chi connectivity index (χ1) is 8.20. The fourth-order valence-electron chi connectivity index (χ4n) is 2.33. The van der Waals surface area contributed by atoms with Crippen molar-refractivity contribution in [1.29, 1.82) is 0 Å². The third kappa shape index (κ3) is 2.97. The van der Waals surface area contributed by atoms with Gasteiger partial charge in [-0.15, -0.1) is 0 Å². The van der Waals surface area contributed by atoms with E-state index in [1.807, 2.05) is 6.92 Å². The first-order valence-corrected chi connectivity index (χ1v) is 6.16. The minimum atomic E-state index is -0.254. The molecule has 0 N–H and O–H groups in total. The Morgan fingerprint density at radius 3 is 2.59 bits per heavy atom. The Morgan fingerprint density at radius 1 is 1.18 bits per heavy atom. The highest BCUT2D eigenvalue weighted by Gasteiger charge is 2.26. The SMILES string of the molecule is CO[C@H]1CCCC[C@@H]1Oc1cc(F)ccc1C. The van der Waals surface area contributed by atoms with Gasteiger partial charge in [0.2, 0.25) is 0 Å². The van der Waals surface area contributed by atoms with Crippen LogP contribution in [0.15, 0.2) is 18.2 Å². The highest BCUT2D eigenvalue weighted by atomic mass is 19.1. The van der Waals surface area contributed by atoms with E-state index in [-0.39, 0.29) is 18.0 Å². The van der Waals surface area contributed by atoms with Crippen molar-refractivity contribution in [3.63, 3.8) is 0 Å². The molecule has 0 aliphatic heterocycles. The first-order valence-electron chi connectivity index (χ1n) is 6.16. The molecule has 0 spiro atoms. The maximum atomic E-state index is 13.2. The summed E-state index contributed by atoms with van der Waals surface area (Å²) < 4.78 is 24.5. The predicted molar refractivity (Wildman–Crippen MR) is 64.8 cm³/mol. The van der Waals surface area contributed by atoms with E-state index < -0.39 is 0 Å². The molecular formula is C14H19FO2. The maximum Gasteiger partial charge on any atom is 0.126 e.